The first-order valence-corrected chi connectivity index (χ1v) is 12.4. The van der Waals surface area contributed by atoms with Gasteiger partial charge in [-0.1, -0.05) is 19.8 Å². The van der Waals surface area contributed by atoms with Crippen LogP contribution in [-0.4, -0.2) is 63.8 Å². The molecule has 2 aromatic rings. The first-order chi connectivity index (χ1) is 16.3. The average Bonchev–Trinajstić information content (AvgIpc) is 3.32. The first kappa shape index (κ1) is 24.0. The molecule has 1 saturated heterocycles. The zero-order chi connectivity index (χ0) is 24.1. The van der Waals surface area contributed by atoms with Crippen molar-refractivity contribution >= 4 is 29.4 Å². The van der Waals surface area contributed by atoms with Crippen molar-refractivity contribution in [3.05, 3.63) is 30.1 Å². The van der Waals surface area contributed by atoms with Crippen LogP contribution in [-0.2, 0) is 11.2 Å². The van der Waals surface area contributed by atoms with Crippen LogP contribution in [0.2, 0.25) is 0 Å². The van der Waals surface area contributed by atoms with E-state index in [4.69, 9.17) is 9.72 Å². The molecule has 9 heteroatoms. The van der Waals surface area contributed by atoms with Crippen molar-refractivity contribution in [2.24, 2.45) is 0 Å². The molecule has 0 bridgehead atoms. The smallest absolute Gasteiger partial charge is 0.410 e. The third-order valence-corrected chi connectivity index (χ3v) is 6.20. The summed E-state index contributed by atoms with van der Waals surface area (Å²) in [5.41, 5.74) is 1.50. The van der Waals surface area contributed by atoms with Crippen molar-refractivity contribution in [2.45, 2.75) is 71.4 Å². The predicted molar refractivity (Wildman–Crippen MR) is 135 cm³/mol. The molecule has 0 spiro atoms. The third-order valence-electron chi connectivity index (χ3n) is 6.20. The quantitative estimate of drug-likeness (QED) is 0.637. The van der Waals surface area contributed by atoms with E-state index in [1.165, 1.54) is 25.7 Å². The second kappa shape index (κ2) is 10.4. The van der Waals surface area contributed by atoms with Gasteiger partial charge in [0.2, 0.25) is 5.95 Å². The van der Waals surface area contributed by atoms with Gasteiger partial charge < -0.3 is 25.2 Å². The summed E-state index contributed by atoms with van der Waals surface area (Å²) in [5.74, 6) is 2.39. The van der Waals surface area contributed by atoms with Gasteiger partial charge in [-0.3, -0.25) is 0 Å². The van der Waals surface area contributed by atoms with Crippen LogP contribution in [0.3, 0.4) is 0 Å². The van der Waals surface area contributed by atoms with Crippen molar-refractivity contribution in [1.29, 1.82) is 0 Å². The summed E-state index contributed by atoms with van der Waals surface area (Å²) in [7, 11) is 0. The van der Waals surface area contributed by atoms with Crippen molar-refractivity contribution < 1.29 is 9.53 Å². The molecule has 4 rings (SSSR count). The van der Waals surface area contributed by atoms with Gasteiger partial charge in [0.1, 0.15) is 17.2 Å². The predicted octanol–water partition coefficient (Wildman–Crippen LogP) is 4.59. The summed E-state index contributed by atoms with van der Waals surface area (Å²) < 4.78 is 5.48. The molecule has 34 heavy (non-hydrogen) atoms. The van der Waals surface area contributed by atoms with E-state index in [-0.39, 0.29) is 6.09 Å². The van der Waals surface area contributed by atoms with Crippen molar-refractivity contribution in [3.63, 3.8) is 0 Å². The molecule has 2 N–H and O–H groups in total. The van der Waals surface area contributed by atoms with Gasteiger partial charge in [0.25, 0.3) is 0 Å². The molecule has 9 nitrogen and oxygen atoms in total. The lowest BCUT2D eigenvalue weighted by molar-refractivity contribution is 0.0240. The molecule has 2 aliphatic rings. The number of pyridine rings is 1. The highest BCUT2D eigenvalue weighted by Gasteiger charge is 2.26. The largest absolute Gasteiger partial charge is 0.444 e. The van der Waals surface area contributed by atoms with E-state index in [0.29, 0.717) is 25.1 Å². The number of aromatic nitrogens is 3. The minimum absolute atomic E-state index is 0.254. The number of ether oxygens (including phenoxy) is 1. The van der Waals surface area contributed by atoms with E-state index < -0.39 is 5.60 Å². The molecule has 184 valence electrons. The molecule has 1 aliphatic heterocycles. The second-order valence-electron chi connectivity index (χ2n) is 10.0. The minimum atomic E-state index is -0.480. The van der Waals surface area contributed by atoms with Crippen LogP contribution < -0.4 is 15.5 Å². The van der Waals surface area contributed by atoms with Gasteiger partial charge >= 0.3 is 6.09 Å². The monoisotopic (exact) mass is 467 g/mol. The number of carbonyl (C=O) groups is 1. The Bertz CT molecular complexity index is 960. The number of nitrogens with one attached hydrogen (secondary N) is 2. The molecule has 2 aromatic heterocycles. The van der Waals surface area contributed by atoms with Gasteiger partial charge in [0.15, 0.2) is 0 Å². The fourth-order valence-corrected chi connectivity index (χ4v) is 4.33. The summed E-state index contributed by atoms with van der Waals surface area (Å²) in [5, 5.41) is 6.89. The average molecular weight is 468 g/mol. The number of hydrogen-bond acceptors (Lipinski definition) is 8. The summed E-state index contributed by atoms with van der Waals surface area (Å²) >= 11 is 0. The van der Waals surface area contributed by atoms with Crippen molar-refractivity contribution in [2.75, 3.05) is 41.7 Å². The first-order valence-electron chi connectivity index (χ1n) is 12.4. The number of rotatable bonds is 6. The highest BCUT2D eigenvalue weighted by atomic mass is 16.6. The molecule has 0 atom stereocenters. The fourth-order valence-electron chi connectivity index (χ4n) is 4.33. The molecule has 3 heterocycles. The zero-order valence-corrected chi connectivity index (χ0v) is 20.8. The van der Waals surface area contributed by atoms with Gasteiger partial charge in [-0.2, -0.15) is 4.98 Å². The molecule has 1 saturated carbocycles. The number of anilines is 4. The maximum Gasteiger partial charge on any atom is 0.410 e. The molecule has 2 fully saturated rings. The Morgan fingerprint density at radius 2 is 1.82 bits per heavy atom. The Labute approximate surface area is 202 Å². The van der Waals surface area contributed by atoms with Gasteiger partial charge in [0, 0.05) is 44.0 Å². The van der Waals surface area contributed by atoms with E-state index in [0.717, 1.165) is 42.4 Å². The van der Waals surface area contributed by atoms with Crippen molar-refractivity contribution in [3.8, 4) is 0 Å². The Morgan fingerprint density at radius 1 is 1.09 bits per heavy atom. The molecule has 1 amide bonds. The Balaban J connectivity index is 1.34. The number of nitrogens with zero attached hydrogens (tertiary/aromatic N) is 5. The summed E-state index contributed by atoms with van der Waals surface area (Å²) in [6.07, 6.45) is 9.31. The van der Waals surface area contributed by atoms with E-state index in [2.05, 4.69) is 32.4 Å². The maximum absolute atomic E-state index is 12.3. The van der Waals surface area contributed by atoms with Gasteiger partial charge in [-0.25, -0.2) is 14.8 Å². The van der Waals surface area contributed by atoms with Crippen LogP contribution in [0.15, 0.2) is 24.5 Å². The van der Waals surface area contributed by atoms with E-state index in [1.54, 1.807) is 11.1 Å². The number of carbonyl (C=O) groups excluding carboxylic acids is 1. The molecule has 0 radical (unpaired) electrons. The Kier molecular flexibility index (Phi) is 7.38. The third kappa shape index (κ3) is 6.27. The zero-order valence-electron chi connectivity index (χ0n) is 20.8. The summed E-state index contributed by atoms with van der Waals surface area (Å²) in [6.45, 7) is 10.5. The Hall–Kier alpha value is -3.10. The lowest BCUT2D eigenvalue weighted by atomic mass is 10.2. The second-order valence-corrected chi connectivity index (χ2v) is 10.0. The molecular weight excluding hydrogens is 430 g/mol. The molecule has 0 aromatic carbocycles. The highest BCUT2D eigenvalue weighted by Crippen LogP contribution is 2.25. The van der Waals surface area contributed by atoms with E-state index >= 15 is 0 Å². The van der Waals surface area contributed by atoms with Crippen LogP contribution in [0.4, 0.5) is 28.1 Å². The van der Waals surface area contributed by atoms with Crippen LogP contribution in [0.25, 0.3) is 0 Å². The maximum atomic E-state index is 12.3. The normalized spacial score (nSPS) is 17.1. The number of piperazine rings is 1. The SMILES string of the molecule is CCc1cnc(Nc2ccc(N3CCN(C(=O)OC(C)(C)C)CC3)nc2)nc1NC1CCCC1. The van der Waals surface area contributed by atoms with Crippen LogP contribution in [0.1, 0.15) is 58.9 Å². The fraction of sp³-hybridized carbons (Fsp3) is 0.600. The number of aryl methyl sites for hydroxylation is 1. The van der Waals surface area contributed by atoms with E-state index in [1.807, 2.05) is 39.1 Å². The Morgan fingerprint density at radius 3 is 2.44 bits per heavy atom. The minimum Gasteiger partial charge on any atom is -0.444 e. The van der Waals surface area contributed by atoms with E-state index in [9.17, 15) is 4.79 Å². The van der Waals surface area contributed by atoms with Gasteiger partial charge in [-0.05, 0) is 52.2 Å². The highest BCUT2D eigenvalue weighted by molar-refractivity contribution is 5.68. The number of hydrogen-bond donors (Lipinski definition) is 2. The summed E-state index contributed by atoms with van der Waals surface area (Å²) in [4.78, 5) is 30.1. The number of amides is 1. The van der Waals surface area contributed by atoms with Crippen LogP contribution in [0, 0.1) is 0 Å². The van der Waals surface area contributed by atoms with Gasteiger partial charge in [0.05, 0.1) is 11.9 Å². The van der Waals surface area contributed by atoms with Gasteiger partial charge in [-0.15, -0.1) is 0 Å². The van der Waals surface area contributed by atoms with Crippen LogP contribution in [0.5, 0.6) is 0 Å². The standard InChI is InChI=1S/C25H37N7O2/c1-5-18-16-27-23(30-22(18)28-19-8-6-7-9-19)29-20-10-11-21(26-17-20)31-12-14-32(15-13-31)24(33)34-25(2,3)4/h10-11,16-17,19H,5-9,12-15H2,1-4H3,(H2,27,28,29,30). The lowest BCUT2D eigenvalue weighted by Gasteiger charge is -2.36. The molecular formula is C25H37N7O2. The lowest BCUT2D eigenvalue weighted by Crippen LogP contribution is -2.50. The topological polar surface area (TPSA) is 95.5 Å². The molecule has 0 unspecified atom stereocenters. The summed E-state index contributed by atoms with van der Waals surface area (Å²) in [6, 6.07) is 4.48. The van der Waals surface area contributed by atoms with Crippen molar-refractivity contribution in [1.82, 2.24) is 19.9 Å². The molecule has 1 aliphatic carbocycles. The van der Waals surface area contributed by atoms with Crippen LogP contribution >= 0.6 is 0 Å².